The first-order chi connectivity index (χ1) is 24.1. The molecule has 4 aromatic carbocycles. The Morgan fingerprint density at radius 2 is 1.12 bits per heavy atom. The van der Waals surface area contributed by atoms with Gasteiger partial charge in [-0.1, -0.05) is 71.8 Å². The van der Waals surface area contributed by atoms with Gasteiger partial charge in [0.15, 0.2) is 0 Å². The minimum Gasteiger partial charge on any atom is -0.399 e. The molecule has 0 unspecified atom stereocenters. The Labute approximate surface area is 305 Å². The van der Waals surface area contributed by atoms with Gasteiger partial charge in [-0.15, -0.1) is 22.7 Å². The summed E-state index contributed by atoms with van der Waals surface area (Å²) in [4.78, 5) is 16.7. The van der Waals surface area contributed by atoms with Gasteiger partial charge in [-0.3, -0.25) is 0 Å². The van der Waals surface area contributed by atoms with Crippen LogP contribution in [0.1, 0.15) is 67.4 Å². The fraction of sp³-hybridized carbons (Fsp3) is 0.279. The molecule has 7 rings (SSSR count). The van der Waals surface area contributed by atoms with E-state index >= 15 is 0 Å². The van der Waals surface area contributed by atoms with E-state index in [2.05, 4.69) is 130 Å². The van der Waals surface area contributed by atoms with Crippen molar-refractivity contribution in [2.75, 3.05) is 18.8 Å². The molecule has 1 fully saturated rings. The SMILES string of the molecule is Cc1ccc(-c2csc(Cc3cc(C)c(N)cc3C)n2)cc1.Cc1ccc(-c2csc(Cc3cc(C)c(N=CN4CCCC4)cc3C)n2)cc1. The first-order valence-corrected chi connectivity index (χ1v) is 19.1. The molecule has 0 saturated carbocycles. The van der Waals surface area contributed by atoms with Gasteiger partial charge in [-0.05, 0) is 99.9 Å². The van der Waals surface area contributed by atoms with Crippen LogP contribution in [0.25, 0.3) is 22.5 Å². The highest BCUT2D eigenvalue weighted by Gasteiger charge is 2.12. The van der Waals surface area contributed by atoms with Crippen molar-refractivity contribution in [3.8, 4) is 22.5 Å². The number of nitrogen functional groups attached to an aromatic ring is 1. The summed E-state index contributed by atoms with van der Waals surface area (Å²) < 4.78 is 0. The minimum absolute atomic E-state index is 0.862. The van der Waals surface area contributed by atoms with E-state index in [0.29, 0.717) is 0 Å². The van der Waals surface area contributed by atoms with E-state index in [1.807, 2.05) is 6.34 Å². The molecule has 1 aliphatic heterocycles. The Morgan fingerprint density at radius 1 is 0.640 bits per heavy atom. The molecule has 7 heteroatoms. The largest absolute Gasteiger partial charge is 0.399 e. The van der Waals surface area contributed by atoms with E-state index in [1.165, 1.54) is 62.9 Å². The molecule has 3 heterocycles. The van der Waals surface area contributed by atoms with Crippen LogP contribution < -0.4 is 5.73 Å². The van der Waals surface area contributed by atoms with Crippen molar-refractivity contribution in [2.45, 2.75) is 67.2 Å². The normalized spacial score (nSPS) is 12.8. The predicted octanol–water partition coefficient (Wildman–Crippen LogP) is 11.0. The average molecular weight is 698 g/mol. The Hall–Kier alpha value is -4.59. The second-order valence-corrected chi connectivity index (χ2v) is 15.4. The van der Waals surface area contributed by atoms with Crippen LogP contribution in [-0.4, -0.2) is 34.3 Å². The number of nitrogens with two attached hydrogens (primary N) is 1. The summed E-state index contributed by atoms with van der Waals surface area (Å²) in [5.74, 6) is 0. The van der Waals surface area contributed by atoms with Gasteiger partial charge in [-0.2, -0.15) is 0 Å². The number of aryl methyl sites for hydroxylation is 6. The highest BCUT2D eigenvalue weighted by atomic mass is 32.1. The number of hydrogen-bond acceptors (Lipinski definition) is 6. The van der Waals surface area contributed by atoms with E-state index in [1.54, 1.807) is 22.7 Å². The third-order valence-electron chi connectivity index (χ3n) is 9.36. The van der Waals surface area contributed by atoms with Crippen molar-refractivity contribution >= 4 is 40.4 Å². The maximum atomic E-state index is 5.96. The van der Waals surface area contributed by atoms with Crippen LogP contribution in [0.3, 0.4) is 0 Å². The van der Waals surface area contributed by atoms with Gasteiger partial charge in [0.2, 0.25) is 0 Å². The monoisotopic (exact) mass is 697 g/mol. The number of benzene rings is 4. The first kappa shape index (κ1) is 35.2. The molecule has 5 nitrogen and oxygen atoms in total. The molecular formula is C43H47N5S2. The lowest BCUT2D eigenvalue weighted by Crippen LogP contribution is -2.16. The van der Waals surface area contributed by atoms with E-state index in [-0.39, 0.29) is 0 Å². The molecule has 2 N–H and O–H groups in total. The van der Waals surface area contributed by atoms with Gasteiger partial charge in [0.05, 0.1) is 33.4 Å². The summed E-state index contributed by atoms with van der Waals surface area (Å²) in [5, 5.41) is 6.60. The molecule has 50 heavy (non-hydrogen) atoms. The number of aliphatic imine (C=N–C) groups is 1. The van der Waals surface area contributed by atoms with Crippen LogP contribution in [0.4, 0.5) is 11.4 Å². The third kappa shape index (κ3) is 8.95. The lowest BCUT2D eigenvalue weighted by molar-refractivity contribution is 0.536. The molecule has 1 saturated heterocycles. The molecule has 0 bridgehead atoms. The van der Waals surface area contributed by atoms with Crippen molar-refractivity contribution in [1.82, 2.24) is 14.9 Å². The number of likely N-dealkylation sites (tertiary alicyclic amines) is 1. The zero-order valence-electron chi connectivity index (χ0n) is 30.1. The van der Waals surface area contributed by atoms with Crippen molar-refractivity contribution in [1.29, 1.82) is 0 Å². The summed E-state index contributed by atoms with van der Waals surface area (Å²) >= 11 is 3.46. The van der Waals surface area contributed by atoms with Crippen LogP contribution in [0.2, 0.25) is 0 Å². The first-order valence-electron chi connectivity index (χ1n) is 17.4. The molecule has 2 aromatic heterocycles. The Bertz CT molecular complexity index is 2080. The third-order valence-corrected chi connectivity index (χ3v) is 11.1. The van der Waals surface area contributed by atoms with Crippen molar-refractivity contribution in [2.24, 2.45) is 4.99 Å². The quantitative estimate of drug-likeness (QED) is 0.0976. The molecule has 256 valence electrons. The smallest absolute Gasteiger partial charge is 0.0976 e. The number of rotatable bonds is 8. The van der Waals surface area contributed by atoms with Crippen LogP contribution in [0.15, 0.2) is 88.5 Å². The lowest BCUT2D eigenvalue weighted by atomic mass is 10.0. The molecule has 0 spiro atoms. The van der Waals surface area contributed by atoms with Gasteiger partial charge >= 0.3 is 0 Å². The summed E-state index contributed by atoms with van der Waals surface area (Å²) in [6.45, 7) is 15.0. The van der Waals surface area contributed by atoms with E-state index in [0.717, 1.165) is 64.3 Å². The Kier molecular flexibility index (Phi) is 11.3. The van der Waals surface area contributed by atoms with Crippen molar-refractivity contribution < 1.29 is 0 Å². The Morgan fingerprint density at radius 3 is 1.64 bits per heavy atom. The van der Waals surface area contributed by atoms with E-state index in [9.17, 15) is 0 Å². The Balaban J connectivity index is 0.000000178. The highest BCUT2D eigenvalue weighted by Crippen LogP contribution is 2.29. The van der Waals surface area contributed by atoms with E-state index in [4.69, 9.17) is 20.7 Å². The van der Waals surface area contributed by atoms with Crippen LogP contribution in [-0.2, 0) is 12.8 Å². The summed E-state index contributed by atoms with van der Waals surface area (Å²) in [5.41, 5.74) is 22.5. The maximum absolute atomic E-state index is 5.96. The fourth-order valence-electron chi connectivity index (χ4n) is 6.10. The summed E-state index contributed by atoms with van der Waals surface area (Å²) in [7, 11) is 0. The van der Waals surface area contributed by atoms with Crippen LogP contribution >= 0.6 is 22.7 Å². The average Bonchev–Trinajstić information content (AvgIpc) is 3.89. The van der Waals surface area contributed by atoms with Crippen molar-refractivity contribution in [3.63, 3.8) is 0 Å². The topological polar surface area (TPSA) is 67.4 Å². The molecule has 0 amide bonds. The number of hydrogen-bond donors (Lipinski definition) is 1. The lowest BCUT2D eigenvalue weighted by Gasteiger charge is -2.11. The van der Waals surface area contributed by atoms with Gasteiger partial charge < -0.3 is 10.6 Å². The van der Waals surface area contributed by atoms with Gasteiger partial charge in [-0.25, -0.2) is 15.0 Å². The summed E-state index contributed by atoms with van der Waals surface area (Å²) in [6, 6.07) is 25.8. The predicted molar refractivity (Wildman–Crippen MR) is 215 cm³/mol. The molecule has 0 radical (unpaired) electrons. The molecule has 1 aliphatic rings. The van der Waals surface area contributed by atoms with Crippen LogP contribution in [0, 0.1) is 41.5 Å². The second-order valence-electron chi connectivity index (χ2n) is 13.5. The number of nitrogens with zero attached hydrogens (tertiary/aromatic N) is 4. The second kappa shape index (κ2) is 16.0. The molecular weight excluding hydrogens is 651 g/mol. The number of aromatic nitrogens is 2. The number of anilines is 1. The maximum Gasteiger partial charge on any atom is 0.0976 e. The standard InChI is InChI=1S/C24H27N3S.C19H20N2S/c1-17-6-8-20(9-7-17)23-15-28-24(26-23)14-21-12-19(3)22(13-18(21)2)25-16-27-10-4-5-11-27;1-12-4-6-15(7-5-12)18-11-22-19(21-18)10-16-8-14(3)17(20)9-13(16)2/h6-9,12-13,15-16H,4-5,10-11,14H2,1-3H3;4-9,11H,10,20H2,1-3H3. The molecule has 6 aromatic rings. The van der Waals surface area contributed by atoms with Gasteiger partial charge in [0, 0.05) is 53.5 Å². The van der Waals surface area contributed by atoms with Crippen molar-refractivity contribution in [3.05, 3.63) is 138 Å². The van der Waals surface area contributed by atoms with Gasteiger partial charge in [0.25, 0.3) is 0 Å². The van der Waals surface area contributed by atoms with Gasteiger partial charge in [0.1, 0.15) is 0 Å². The zero-order chi connectivity index (χ0) is 35.2. The highest BCUT2D eigenvalue weighted by molar-refractivity contribution is 7.10. The molecule has 0 aliphatic carbocycles. The van der Waals surface area contributed by atoms with E-state index < -0.39 is 0 Å². The molecule has 0 atom stereocenters. The number of thiazole rings is 2. The minimum atomic E-state index is 0.862. The summed E-state index contributed by atoms with van der Waals surface area (Å²) in [6.07, 6.45) is 6.31. The zero-order valence-corrected chi connectivity index (χ0v) is 31.7. The van der Waals surface area contributed by atoms with Crippen LogP contribution in [0.5, 0.6) is 0 Å². The fourth-order valence-corrected chi connectivity index (χ4v) is 7.76.